The van der Waals surface area contributed by atoms with Crippen LogP contribution in [0.4, 0.5) is 0 Å². The van der Waals surface area contributed by atoms with Gasteiger partial charge in [0.1, 0.15) is 10.4 Å². The number of hydrogen-bond acceptors (Lipinski definition) is 5. The van der Waals surface area contributed by atoms with Crippen molar-refractivity contribution in [1.29, 1.82) is 5.26 Å². The molecule has 1 aliphatic carbocycles. The van der Waals surface area contributed by atoms with Crippen LogP contribution >= 0.6 is 11.5 Å². The highest BCUT2D eigenvalue weighted by Crippen LogP contribution is 2.27. The standard InChI is InChI=1S/C15H22N4OS/c1-2-8-12-13(21-19-18-12)14(20)17-15(11-16)9-6-4-3-5-7-10-15/h2-10H2,1H3,(H,17,20). The predicted octanol–water partition coefficient (Wildman–Crippen LogP) is 3.23. The lowest BCUT2D eigenvalue weighted by Gasteiger charge is -2.29. The highest BCUT2D eigenvalue weighted by molar-refractivity contribution is 7.08. The van der Waals surface area contributed by atoms with Gasteiger partial charge in [0.05, 0.1) is 11.8 Å². The summed E-state index contributed by atoms with van der Waals surface area (Å²) >= 11 is 1.12. The molecule has 21 heavy (non-hydrogen) atoms. The van der Waals surface area contributed by atoms with Gasteiger partial charge in [0.2, 0.25) is 0 Å². The molecular weight excluding hydrogens is 284 g/mol. The summed E-state index contributed by atoms with van der Waals surface area (Å²) in [6.07, 6.45) is 8.66. The molecule has 1 N–H and O–H groups in total. The van der Waals surface area contributed by atoms with E-state index in [9.17, 15) is 10.1 Å². The van der Waals surface area contributed by atoms with Crippen LogP contribution in [0.25, 0.3) is 0 Å². The summed E-state index contributed by atoms with van der Waals surface area (Å²) in [7, 11) is 0. The first-order valence-corrected chi connectivity index (χ1v) is 8.53. The Balaban J connectivity index is 2.11. The van der Waals surface area contributed by atoms with Gasteiger partial charge in [-0.2, -0.15) is 5.26 Å². The van der Waals surface area contributed by atoms with Crippen molar-refractivity contribution in [2.45, 2.75) is 70.3 Å². The SMILES string of the molecule is CCCc1nnsc1C(=O)NC1(C#N)CCCCCCC1. The maximum Gasteiger partial charge on any atom is 0.266 e. The predicted molar refractivity (Wildman–Crippen MR) is 82.0 cm³/mol. The van der Waals surface area contributed by atoms with Crippen molar-refractivity contribution in [3.63, 3.8) is 0 Å². The smallest absolute Gasteiger partial charge is 0.266 e. The summed E-state index contributed by atoms with van der Waals surface area (Å²) < 4.78 is 3.88. The first kappa shape index (κ1) is 15.9. The molecular formula is C15H22N4OS. The quantitative estimate of drug-likeness (QED) is 0.926. The first-order valence-electron chi connectivity index (χ1n) is 7.76. The van der Waals surface area contributed by atoms with Crippen LogP contribution in [0.5, 0.6) is 0 Å². The Kier molecular flexibility index (Phi) is 5.68. The van der Waals surface area contributed by atoms with Crippen LogP contribution in [-0.2, 0) is 6.42 Å². The molecule has 0 bridgehead atoms. The van der Waals surface area contributed by atoms with E-state index in [1.54, 1.807) is 0 Å². The Morgan fingerprint density at radius 3 is 2.62 bits per heavy atom. The van der Waals surface area contributed by atoms with E-state index in [1.165, 1.54) is 6.42 Å². The molecule has 1 heterocycles. The number of nitrogens with zero attached hydrogens (tertiary/aromatic N) is 3. The molecule has 0 spiro atoms. The minimum Gasteiger partial charge on any atom is -0.333 e. The van der Waals surface area contributed by atoms with E-state index in [1.807, 2.05) is 6.92 Å². The second-order valence-corrected chi connectivity index (χ2v) is 6.47. The van der Waals surface area contributed by atoms with Crippen LogP contribution < -0.4 is 5.32 Å². The number of nitriles is 1. The fourth-order valence-corrected chi connectivity index (χ4v) is 3.43. The zero-order valence-corrected chi connectivity index (χ0v) is 13.3. The van der Waals surface area contributed by atoms with Crippen molar-refractivity contribution in [3.8, 4) is 6.07 Å². The van der Waals surface area contributed by atoms with Gasteiger partial charge in [0.15, 0.2) is 0 Å². The molecule has 1 aliphatic rings. The van der Waals surface area contributed by atoms with Crippen LogP contribution in [0.3, 0.4) is 0 Å². The molecule has 1 saturated carbocycles. The van der Waals surface area contributed by atoms with E-state index >= 15 is 0 Å². The van der Waals surface area contributed by atoms with Gasteiger partial charge in [-0.25, -0.2) is 0 Å². The van der Waals surface area contributed by atoms with Crippen molar-refractivity contribution in [2.24, 2.45) is 0 Å². The molecule has 2 rings (SSSR count). The van der Waals surface area contributed by atoms with E-state index in [0.717, 1.165) is 68.6 Å². The monoisotopic (exact) mass is 306 g/mol. The number of aromatic nitrogens is 2. The Hall–Kier alpha value is -1.48. The average Bonchev–Trinajstić information content (AvgIpc) is 2.91. The maximum atomic E-state index is 12.5. The van der Waals surface area contributed by atoms with Gasteiger partial charge >= 0.3 is 0 Å². The number of amides is 1. The van der Waals surface area contributed by atoms with Crippen LogP contribution in [0, 0.1) is 11.3 Å². The van der Waals surface area contributed by atoms with E-state index in [2.05, 4.69) is 21.0 Å². The number of rotatable bonds is 4. The van der Waals surface area contributed by atoms with Gasteiger partial charge in [-0.1, -0.05) is 49.9 Å². The Bertz CT molecular complexity index is 512. The van der Waals surface area contributed by atoms with Crippen LogP contribution in [-0.4, -0.2) is 21.0 Å². The molecule has 0 aliphatic heterocycles. The maximum absolute atomic E-state index is 12.5. The highest BCUT2D eigenvalue weighted by Gasteiger charge is 2.33. The van der Waals surface area contributed by atoms with E-state index in [4.69, 9.17) is 0 Å². The van der Waals surface area contributed by atoms with E-state index in [-0.39, 0.29) is 5.91 Å². The third-order valence-corrected chi connectivity index (χ3v) is 4.79. The van der Waals surface area contributed by atoms with Crippen molar-refractivity contribution >= 4 is 17.4 Å². The topological polar surface area (TPSA) is 78.7 Å². The number of carbonyl (C=O) groups excluding carboxylic acids is 1. The summed E-state index contributed by atoms with van der Waals surface area (Å²) in [5, 5.41) is 16.6. The molecule has 6 heteroatoms. The molecule has 1 aromatic heterocycles. The fraction of sp³-hybridized carbons (Fsp3) is 0.733. The molecule has 0 aromatic carbocycles. The highest BCUT2D eigenvalue weighted by atomic mass is 32.1. The zero-order valence-electron chi connectivity index (χ0n) is 12.5. The Morgan fingerprint density at radius 1 is 1.33 bits per heavy atom. The van der Waals surface area contributed by atoms with Gasteiger partial charge in [0, 0.05) is 0 Å². The molecule has 5 nitrogen and oxygen atoms in total. The molecule has 0 radical (unpaired) electrons. The van der Waals surface area contributed by atoms with Gasteiger partial charge in [0.25, 0.3) is 5.91 Å². The summed E-state index contributed by atoms with van der Waals surface area (Å²) in [6, 6.07) is 2.36. The Morgan fingerprint density at radius 2 is 2.00 bits per heavy atom. The van der Waals surface area contributed by atoms with Gasteiger partial charge in [-0.05, 0) is 30.8 Å². The number of hydrogen-bond donors (Lipinski definition) is 1. The molecule has 0 saturated heterocycles. The van der Waals surface area contributed by atoms with E-state index in [0.29, 0.717) is 4.88 Å². The Labute approximate surface area is 129 Å². The largest absolute Gasteiger partial charge is 0.333 e. The van der Waals surface area contributed by atoms with Gasteiger partial charge in [-0.3, -0.25) is 4.79 Å². The lowest BCUT2D eigenvalue weighted by atomic mass is 9.85. The van der Waals surface area contributed by atoms with Crippen molar-refractivity contribution < 1.29 is 4.79 Å². The number of nitrogens with one attached hydrogen (secondary N) is 1. The lowest BCUT2D eigenvalue weighted by molar-refractivity contribution is 0.0910. The minimum absolute atomic E-state index is 0.185. The summed E-state index contributed by atoms with van der Waals surface area (Å²) in [6.45, 7) is 2.05. The molecule has 1 aromatic rings. The third kappa shape index (κ3) is 4.01. The summed E-state index contributed by atoms with van der Waals surface area (Å²) in [4.78, 5) is 13.1. The molecule has 0 atom stereocenters. The van der Waals surface area contributed by atoms with Crippen molar-refractivity contribution in [3.05, 3.63) is 10.6 Å². The minimum atomic E-state index is -0.717. The van der Waals surface area contributed by atoms with Gasteiger partial charge in [-0.15, -0.1) is 5.10 Å². The second kappa shape index (κ2) is 7.51. The molecule has 0 unspecified atom stereocenters. The second-order valence-electron chi connectivity index (χ2n) is 5.71. The number of carbonyl (C=O) groups is 1. The molecule has 1 fully saturated rings. The molecule has 1 amide bonds. The normalized spacial score (nSPS) is 18.3. The van der Waals surface area contributed by atoms with Crippen LogP contribution in [0.1, 0.15) is 73.7 Å². The van der Waals surface area contributed by atoms with Crippen LogP contribution in [0.15, 0.2) is 0 Å². The zero-order chi connectivity index (χ0) is 15.1. The first-order chi connectivity index (χ1) is 10.2. The summed E-state index contributed by atoms with van der Waals surface area (Å²) in [5.41, 5.74) is 0.0317. The number of aryl methyl sites for hydroxylation is 1. The summed E-state index contributed by atoms with van der Waals surface area (Å²) in [5.74, 6) is -0.185. The third-order valence-electron chi connectivity index (χ3n) is 4.02. The van der Waals surface area contributed by atoms with Crippen molar-refractivity contribution in [2.75, 3.05) is 0 Å². The van der Waals surface area contributed by atoms with Crippen molar-refractivity contribution in [1.82, 2.24) is 14.9 Å². The lowest BCUT2D eigenvalue weighted by Crippen LogP contribution is -2.47. The van der Waals surface area contributed by atoms with Crippen LogP contribution in [0.2, 0.25) is 0 Å². The molecule has 114 valence electrons. The average molecular weight is 306 g/mol. The fourth-order valence-electron chi connectivity index (χ4n) is 2.83. The van der Waals surface area contributed by atoms with E-state index < -0.39 is 5.54 Å². The van der Waals surface area contributed by atoms with Gasteiger partial charge < -0.3 is 5.32 Å².